The molecule has 2 heterocycles. The third kappa shape index (κ3) is 2.68. The van der Waals surface area contributed by atoms with Gasteiger partial charge in [-0.1, -0.05) is 17.2 Å². The van der Waals surface area contributed by atoms with Crippen molar-refractivity contribution in [1.82, 2.24) is 14.5 Å². The van der Waals surface area contributed by atoms with Crippen molar-refractivity contribution in [3.8, 4) is 0 Å². The predicted molar refractivity (Wildman–Crippen MR) is 91.4 cm³/mol. The number of nitrogens with one attached hydrogen (secondary N) is 1. The van der Waals surface area contributed by atoms with Crippen molar-refractivity contribution >= 4 is 34.9 Å². The molecule has 1 N–H and O–H groups in total. The lowest BCUT2D eigenvalue weighted by Crippen LogP contribution is -2.35. The second kappa shape index (κ2) is 5.59. The molecule has 0 saturated heterocycles. The van der Waals surface area contributed by atoms with Gasteiger partial charge in [0.15, 0.2) is 4.77 Å². The minimum Gasteiger partial charge on any atom is -0.331 e. The fourth-order valence-electron chi connectivity index (χ4n) is 3.00. The van der Waals surface area contributed by atoms with Crippen molar-refractivity contribution in [3.05, 3.63) is 39.6 Å². The van der Waals surface area contributed by atoms with Gasteiger partial charge in [-0.2, -0.15) is 0 Å². The molecule has 112 valence electrons. The summed E-state index contributed by atoms with van der Waals surface area (Å²) in [6.07, 6.45) is 1.01. The molecule has 0 radical (unpaired) electrons. The quantitative estimate of drug-likeness (QED) is 0.663. The van der Waals surface area contributed by atoms with E-state index in [0.717, 1.165) is 46.9 Å². The molecule has 1 aliphatic rings. The Hall–Kier alpha value is -1.10. The summed E-state index contributed by atoms with van der Waals surface area (Å²) in [5.41, 5.74) is 4.63. The summed E-state index contributed by atoms with van der Waals surface area (Å²) < 4.78 is 2.97. The van der Waals surface area contributed by atoms with Crippen LogP contribution < -0.4 is 0 Å². The number of hydrogen-bond acceptors (Lipinski definition) is 2. The molecule has 1 aromatic heterocycles. The zero-order valence-electron chi connectivity index (χ0n) is 12.4. The molecule has 0 bridgehead atoms. The molecule has 1 atom stereocenters. The number of hydrogen-bond donors (Lipinski definition) is 1. The molecule has 0 fully saturated rings. The van der Waals surface area contributed by atoms with E-state index in [1.807, 2.05) is 12.1 Å². The second-order valence-electron chi connectivity index (χ2n) is 5.99. The summed E-state index contributed by atoms with van der Waals surface area (Å²) in [5.74, 6) is 0. The van der Waals surface area contributed by atoms with E-state index in [-0.39, 0.29) is 0 Å². The van der Waals surface area contributed by atoms with E-state index in [1.165, 1.54) is 11.1 Å². The fraction of sp³-hybridized carbons (Fsp3) is 0.438. The van der Waals surface area contributed by atoms with Crippen molar-refractivity contribution < 1.29 is 0 Å². The number of benzene rings is 1. The maximum atomic E-state index is 6.46. The van der Waals surface area contributed by atoms with E-state index < -0.39 is 0 Å². The smallest absolute Gasteiger partial charge is 0.178 e. The number of nitrogens with zero attached hydrogens (tertiary/aromatic N) is 2. The van der Waals surface area contributed by atoms with Gasteiger partial charge in [0.05, 0.1) is 11.0 Å². The molecular weight excluding hydrogens is 302 g/mol. The molecule has 0 amide bonds. The van der Waals surface area contributed by atoms with Crippen LogP contribution in [0.2, 0.25) is 5.02 Å². The normalized spacial score (nSPS) is 18.9. The van der Waals surface area contributed by atoms with Crippen molar-refractivity contribution in [2.45, 2.75) is 39.4 Å². The third-order valence-corrected chi connectivity index (χ3v) is 4.92. The number of halogens is 1. The van der Waals surface area contributed by atoms with Crippen molar-refractivity contribution in [2.75, 3.05) is 6.54 Å². The number of imidazole rings is 1. The predicted octanol–water partition coefficient (Wildman–Crippen LogP) is 4.52. The standard InChI is InChI=1S/C16H20ClN3S/c1-10(2)6-7-19-9-12-13(17)4-5-14-15(12)20(8-11(19)3)16(21)18-14/h4-5,11H,1,6-9H2,2-3H3,(H,18,21)/t11-/m0/s1. The Morgan fingerprint density at radius 3 is 3.00 bits per heavy atom. The Kier molecular flexibility index (Phi) is 3.95. The first-order valence-electron chi connectivity index (χ1n) is 7.25. The first-order chi connectivity index (χ1) is 9.97. The van der Waals surface area contributed by atoms with Crippen LogP contribution in [0.15, 0.2) is 24.3 Å². The first kappa shape index (κ1) is 14.8. The van der Waals surface area contributed by atoms with Gasteiger partial charge < -0.3 is 9.55 Å². The molecule has 1 aliphatic heterocycles. The average molecular weight is 322 g/mol. The molecular formula is C16H20ClN3S. The number of aromatic nitrogens is 2. The summed E-state index contributed by atoms with van der Waals surface area (Å²) in [7, 11) is 0. The zero-order valence-corrected chi connectivity index (χ0v) is 14.0. The molecule has 3 nitrogen and oxygen atoms in total. The molecule has 0 aliphatic carbocycles. The van der Waals surface area contributed by atoms with Gasteiger partial charge in [0.2, 0.25) is 0 Å². The van der Waals surface area contributed by atoms with Crippen LogP contribution in [0.4, 0.5) is 0 Å². The SMILES string of the molecule is C=C(C)CCN1Cc2c(Cl)ccc3[nH]c(=S)n(c23)C[C@@H]1C. The lowest BCUT2D eigenvalue weighted by atomic mass is 10.1. The van der Waals surface area contributed by atoms with E-state index in [9.17, 15) is 0 Å². The van der Waals surface area contributed by atoms with Gasteiger partial charge in [-0.15, -0.1) is 6.58 Å². The summed E-state index contributed by atoms with van der Waals surface area (Å²) in [5, 5.41) is 0.819. The van der Waals surface area contributed by atoms with Gasteiger partial charge in [0, 0.05) is 36.3 Å². The Morgan fingerprint density at radius 1 is 1.52 bits per heavy atom. The minimum atomic E-state index is 0.415. The van der Waals surface area contributed by atoms with E-state index in [1.54, 1.807) is 0 Å². The maximum absolute atomic E-state index is 6.46. The first-order valence-corrected chi connectivity index (χ1v) is 8.04. The van der Waals surface area contributed by atoms with Crippen LogP contribution in [0.5, 0.6) is 0 Å². The van der Waals surface area contributed by atoms with Crippen molar-refractivity contribution in [3.63, 3.8) is 0 Å². The van der Waals surface area contributed by atoms with E-state index >= 15 is 0 Å². The number of aromatic amines is 1. The van der Waals surface area contributed by atoms with E-state index in [2.05, 4.69) is 34.9 Å². The maximum Gasteiger partial charge on any atom is 0.178 e. The zero-order chi connectivity index (χ0) is 15.1. The molecule has 21 heavy (non-hydrogen) atoms. The van der Waals surface area contributed by atoms with Crippen LogP contribution in [-0.4, -0.2) is 27.0 Å². The highest BCUT2D eigenvalue weighted by molar-refractivity contribution is 7.71. The highest BCUT2D eigenvalue weighted by Crippen LogP contribution is 2.31. The van der Waals surface area contributed by atoms with E-state index in [0.29, 0.717) is 6.04 Å². The van der Waals surface area contributed by atoms with Crippen LogP contribution in [0.1, 0.15) is 25.8 Å². The number of rotatable bonds is 3. The van der Waals surface area contributed by atoms with Crippen LogP contribution in [0.3, 0.4) is 0 Å². The highest BCUT2D eigenvalue weighted by Gasteiger charge is 2.24. The summed E-state index contributed by atoms with van der Waals surface area (Å²) in [6, 6.07) is 4.39. The van der Waals surface area contributed by atoms with Gasteiger partial charge in [-0.25, -0.2) is 0 Å². The van der Waals surface area contributed by atoms with Crippen LogP contribution in [0, 0.1) is 4.77 Å². The van der Waals surface area contributed by atoms with Gasteiger partial charge in [0.25, 0.3) is 0 Å². The molecule has 0 saturated carbocycles. The molecule has 0 spiro atoms. The Morgan fingerprint density at radius 2 is 2.29 bits per heavy atom. The van der Waals surface area contributed by atoms with Crippen molar-refractivity contribution in [1.29, 1.82) is 0 Å². The summed E-state index contributed by atoms with van der Waals surface area (Å²) in [6.45, 7) is 11.1. The Labute approximate surface area is 135 Å². The third-order valence-electron chi connectivity index (χ3n) is 4.24. The highest BCUT2D eigenvalue weighted by atomic mass is 35.5. The topological polar surface area (TPSA) is 24.0 Å². The lowest BCUT2D eigenvalue weighted by Gasteiger charge is -2.27. The van der Waals surface area contributed by atoms with Gasteiger partial charge in [-0.05, 0) is 44.6 Å². The second-order valence-corrected chi connectivity index (χ2v) is 6.78. The average Bonchev–Trinajstić information content (AvgIpc) is 2.64. The minimum absolute atomic E-state index is 0.415. The Bertz CT molecular complexity index is 759. The summed E-state index contributed by atoms with van der Waals surface area (Å²) >= 11 is 11.9. The molecule has 0 unspecified atom stereocenters. The summed E-state index contributed by atoms with van der Waals surface area (Å²) in [4.78, 5) is 5.76. The van der Waals surface area contributed by atoms with Crippen LogP contribution in [-0.2, 0) is 13.1 Å². The molecule has 3 rings (SSSR count). The monoisotopic (exact) mass is 321 g/mol. The van der Waals surface area contributed by atoms with Crippen molar-refractivity contribution in [2.24, 2.45) is 0 Å². The van der Waals surface area contributed by atoms with E-state index in [4.69, 9.17) is 23.8 Å². The van der Waals surface area contributed by atoms with Gasteiger partial charge in [-0.3, -0.25) is 4.90 Å². The number of H-pyrrole nitrogens is 1. The van der Waals surface area contributed by atoms with Crippen LogP contribution in [0.25, 0.3) is 11.0 Å². The molecule has 1 aromatic carbocycles. The van der Waals surface area contributed by atoms with Gasteiger partial charge >= 0.3 is 0 Å². The Balaban J connectivity index is 2.07. The fourth-order valence-corrected chi connectivity index (χ4v) is 3.49. The van der Waals surface area contributed by atoms with Crippen LogP contribution >= 0.6 is 23.8 Å². The molecule has 2 aromatic rings. The largest absolute Gasteiger partial charge is 0.331 e. The lowest BCUT2D eigenvalue weighted by molar-refractivity contribution is 0.191. The van der Waals surface area contributed by atoms with Gasteiger partial charge in [0.1, 0.15) is 0 Å². The molecule has 5 heteroatoms.